The zero-order valence-corrected chi connectivity index (χ0v) is 16.2. The van der Waals surface area contributed by atoms with Gasteiger partial charge in [0.1, 0.15) is 5.60 Å². The summed E-state index contributed by atoms with van der Waals surface area (Å²) in [5.74, 6) is 0.138. The predicted molar refractivity (Wildman–Crippen MR) is 112 cm³/mol. The van der Waals surface area contributed by atoms with E-state index in [4.69, 9.17) is 0 Å². The zero-order chi connectivity index (χ0) is 19.8. The van der Waals surface area contributed by atoms with E-state index in [0.717, 1.165) is 16.7 Å². The van der Waals surface area contributed by atoms with Crippen molar-refractivity contribution in [1.29, 1.82) is 0 Å². The molecule has 0 radical (unpaired) electrons. The number of rotatable bonds is 4. The van der Waals surface area contributed by atoms with Crippen molar-refractivity contribution in [1.82, 2.24) is 19.7 Å². The Labute approximate surface area is 168 Å². The molecule has 2 N–H and O–H groups in total. The van der Waals surface area contributed by atoms with E-state index in [1.165, 1.54) is 10.8 Å². The molecule has 0 saturated carbocycles. The van der Waals surface area contributed by atoms with E-state index in [2.05, 4.69) is 51.2 Å². The number of fused-ring (bicyclic) bond motifs is 3. The second kappa shape index (κ2) is 7.04. The fraction of sp³-hybridized carbons (Fsp3) is 0.304. The van der Waals surface area contributed by atoms with Gasteiger partial charge in [-0.05, 0) is 31.0 Å². The van der Waals surface area contributed by atoms with Gasteiger partial charge in [0.15, 0.2) is 0 Å². The maximum atomic E-state index is 12.9. The van der Waals surface area contributed by atoms with Crippen LogP contribution in [-0.2, 0) is 16.9 Å². The third kappa shape index (κ3) is 3.09. The minimum atomic E-state index is -0.917. The normalized spacial score (nSPS) is 16.5. The van der Waals surface area contributed by atoms with Gasteiger partial charge in [0.05, 0.1) is 5.69 Å². The van der Waals surface area contributed by atoms with E-state index in [9.17, 15) is 9.90 Å². The largest absolute Gasteiger partial charge is 0.383 e. The summed E-state index contributed by atoms with van der Waals surface area (Å²) in [5.41, 5.74) is 2.14. The summed E-state index contributed by atoms with van der Waals surface area (Å²) >= 11 is 0. The van der Waals surface area contributed by atoms with Crippen LogP contribution in [0.2, 0.25) is 0 Å². The molecule has 0 aliphatic carbocycles. The van der Waals surface area contributed by atoms with Gasteiger partial charge in [-0.3, -0.25) is 9.89 Å². The number of para-hydroxylation sites is 2. The van der Waals surface area contributed by atoms with E-state index < -0.39 is 5.60 Å². The first-order valence-electron chi connectivity index (χ1n) is 10.1. The highest BCUT2D eigenvalue weighted by molar-refractivity contribution is 6.08. The Bertz CT molecular complexity index is 1100. The first-order chi connectivity index (χ1) is 14.2. The first kappa shape index (κ1) is 17.9. The molecule has 1 saturated heterocycles. The third-order valence-electron chi connectivity index (χ3n) is 6.17. The number of aliphatic hydroxyl groups is 1. The molecule has 1 amide bonds. The second-order valence-electron chi connectivity index (χ2n) is 7.82. The van der Waals surface area contributed by atoms with Gasteiger partial charge in [0, 0.05) is 54.1 Å². The summed E-state index contributed by atoms with van der Waals surface area (Å²) in [6, 6.07) is 18.5. The lowest BCUT2D eigenvalue weighted by atomic mass is 9.88. The highest BCUT2D eigenvalue weighted by atomic mass is 16.3. The standard InChI is InChI=1S/C23H24N4O2/c28-22(26-15-11-23(29,12-16-26)21-9-13-24-25-21)10-14-27-19-7-3-1-5-17(19)18-6-2-4-8-20(18)27/h1-9,13,29H,10-12,14-16H2,(H,24,25). The van der Waals surface area contributed by atoms with Crippen LogP contribution < -0.4 is 0 Å². The van der Waals surface area contributed by atoms with Crippen molar-refractivity contribution < 1.29 is 9.90 Å². The Balaban J connectivity index is 1.30. The fourth-order valence-corrected chi connectivity index (χ4v) is 4.52. The lowest BCUT2D eigenvalue weighted by Gasteiger charge is -2.37. The van der Waals surface area contributed by atoms with E-state index in [0.29, 0.717) is 38.9 Å². The van der Waals surface area contributed by atoms with Crippen molar-refractivity contribution in [2.75, 3.05) is 13.1 Å². The first-order valence-corrected chi connectivity index (χ1v) is 10.1. The summed E-state index contributed by atoms with van der Waals surface area (Å²) in [6.07, 6.45) is 3.15. The molecular weight excluding hydrogens is 364 g/mol. The molecular formula is C23H24N4O2. The number of carbonyl (C=O) groups is 1. The average Bonchev–Trinajstić information content (AvgIpc) is 3.40. The molecule has 1 fully saturated rings. The molecule has 0 spiro atoms. The topological polar surface area (TPSA) is 74.2 Å². The predicted octanol–water partition coefficient (Wildman–Crippen LogP) is 3.42. The number of piperidine rings is 1. The fourth-order valence-electron chi connectivity index (χ4n) is 4.52. The lowest BCUT2D eigenvalue weighted by Crippen LogP contribution is -2.45. The Morgan fingerprint density at radius 3 is 2.21 bits per heavy atom. The Kier molecular flexibility index (Phi) is 4.36. The van der Waals surface area contributed by atoms with Crippen LogP contribution in [0.4, 0.5) is 0 Å². The number of nitrogens with one attached hydrogen (secondary N) is 1. The van der Waals surface area contributed by atoms with Crippen LogP contribution >= 0.6 is 0 Å². The number of hydrogen-bond acceptors (Lipinski definition) is 3. The molecule has 0 bridgehead atoms. The summed E-state index contributed by atoms with van der Waals surface area (Å²) < 4.78 is 2.24. The van der Waals surface area contributed by atoms with E-state index in [-0.39, 0.29) is 5.91 Å². The third-order valence-corrected chi connectivity index (χ3v) is 6.17. The maximum Gasteiger partial charge on any atom is 0.224 e. The van der Waals surface area contributed by atoms with Crippen LogP contribution in [-0.4, -0.2) is 43.8 Å². The Hall–Kier alpha value is -3.12. The molecule has 1 aliphatic rings. The van der Waals surface area contributed by atoms with Crippen molar-refractivity contribution in [2.45, 2.75) is 31.4 Å². The molecule has 0 unspecified atom stereocenters. The molecule has 3 heterocycles. The number of benzene rings is 2. The van der Waals surface area contributed by atoms with Crippen molar-refractivity contribution in [3.63, 3.8) is 0 Å². The van der Waals surface area contributed by atoms with Crippen LogP contribution in [0.25, 0.3) is 21.8 Å². The number of carbonyl (C=O) groups excluding carboxylic acids is 1. The van der Waals surface area contributed by atoms with Crippen LogP contribution in [0.15, 0.2) is 60.8 Å². The van der Waals surface area contributed by atoms with Crippen molar-refractivity contribution >= 4 is 27.7 Å². The minimum absolute atomic E-state index is 0.138. The molecule has 4 aromatic rings. The Morgan fingerprint density at radius 1 is 1.00 bits per heavy atom. The monoisotopic (exact) mass is 388 g/mol. The molecule has 2 aromatic heterocycles. The van der Waals surface area contributed by atoms with Crippen molar-refractivity contribution in [2.24, 2.45) is 0 Å². The van der Waals surface area contributed by atoms with Crippen molar-refractivity contribution in [3.8, 4) is 0 Å². The molecule has 6 nitrogen and oxygen atoms in total. The number of amides is 1. The molecule has 0 atom stereocenters. The van der Waals surface area contributed by atoms with Gasteiger partial charge in [0.2, 0.25) is 5.91 Å². The number of likely N-dealkylation sites (tertiary alicyclic amines) is 1. The van der Waals surface area contributed by atoms with Gasteiger partial charge in [-0.2, -0.15) is 5.10 Å². The summed E-state index contributed by atoms with van der Waals surface area (Å²) in [5, 5.41) is 20.1. The maximum absolute atomic E-state index is 12.9. The smallest absolute Gasteiger partial charge is 0.224 e. The second-order valence-corrected chi connectivity index (χ2v) is 7.82. The number of nitrogens with zero attached hydrogens (tertiary/aromatic N) is 3. The van der Waals surface area contributed by atoms with Crippen molar-refractivity contribution in [3.05, 3.63) is 66.5 Å². The summed E-state index contributed by atoms with van der Waals surface area (Å²) in [4.78, 5) is 14.7. The zero-order valence-electron chi connectivity index (χ0n) is 16.2. The van der Waals surface area contributed by atoms with E-state index in [1.54, 1.807) is 12.3 Å². The van der Waals surface area contributed by atoms with Gasteiger partial charge >= 0.3 is 0 Å². The van der Waals surface area contributed by atoms with Gasteiger partial charge in [-0.1, -0.05) is 36.4 Å². The average molecular weight is 388 g/mol. The molecule has 6 heteroatoms. The highest BCUT2D eigenvalue weighted by Gasteiger charge is 2.36. The minimum Gasteiger partial charge on any atom is -0.383 e. The van der Waals surface area contributed by atoms with Crippen LogP contribution in [0.1, 0.15) is 25.0 Å². The number of H-pyrrole nitrogens is 1. The Morgan fingerprint density at radius 2 is 1.62 bits per heavy atom. The van der Waals surface area contributed by atoms with Gasteiger partial charge in [-0.15, -0.1) is 0 Å². The molecule has 5 rings (SSSR count). The number of aromatic amines is 1. The van der Waals surface area contributed by atoms with E-state index >= 15 is 0 Å². The molecule has 148 valence electrons. The number of hydrogen-bond donors (Lipinski definition) is 2. The highest BCUT2D eigenvalue weighted by Crippen LogP contribution is 2.32. The SMILES string of the molecule is O=C(CCn1c2ccccc2c2ccccc21)N1CCC(O)(c2ccn[nH]2)CC1. The summed E-state index contributed by atoms with van der Waals surface area (Å²) in [6.45, 7) is 1.76. The van der Waals surface area contributed by atoms with Crippen LogP contribution in [0, 0.1) is 0 Å². The molecule has 2 aromatic carbocycles. The van der Waals surface area contributed by atoms with Crippen LogP contribution in [0.5, 0.6) is 0 Å². The molecule has 29 heavy (non-hydrogen) atoms. The van der Waals surface area contributed by atoms with Crippen LogP contribution in [0.3, 0.4) is 0 Å². The number of aryl methyl sites for hydroxylation is 1. The summed E-state index contributed by atoms with van der Waals surface area (Å²) in [7, 11) is 0. The van der Waals surface area contributed by atoms with Gasteiger partial charge < -0.3 is 14.6 Å². The lowest BCUT2D eigenvalue weighted by molar-refractivity contribution is -0.136. The van der Waals surface area contributed by atoms with E-state index in [1.807, 2.05) is 17.0 Å². The van der Waals surface area contributed by atoms with Gasteiger partial charge in [0.25, 0.3) is 0 Å². The molecule has 1 aliphatic heterocycles. The van der Waals surface area contributed by atoms with Gasteiger partial charge in [-0.25, -0.2) is 0 Å². The number of aromatic nitrogens is 3. The quantitative estimate of drug-likeness (QED) is 0.563.